The van der Waals surface area contributed by atoms with Crippen molar-refractivity contribution in [3.63, 3.8) is 0 Å². The summed E-state index contributed by atoms with van der Waals surface area (Å²) in [6.07, 6.45) is 3.83. The number of rotatable bonds is 2. The third kappa shape index (κ3) is 1.74. The van der Waals surface area contributed by atoms with E-state index in [1.807, 2.05) is 43.0 Å². The fourth-order valence-electron chi connectivity index (χ4n) is 1.45. The van der Waals surface area contributed by atoms with Gasteiger partial charge in [-0.1, -0.05) is 11.6 Å². The van der Waals surface area contributed by atoms with E-state index in [4.69, 9.17) is 11.6 Å². The fraction of sp³-hybridized carbons (Fsp3) is 0.300. The Bertz CT molecular complexity index is 448. The van der Waals surface area contributed by atoms with Gasteiger partial charge in [0.2, 0.25) is 0 Å². The molecule has 0 aliphatic carbocycles. The molecule has 74 valence electrons. The number of aromatic nitrogens is 2. The highest BCUT2D eigenvalue weighted by atomic mass is 35.5. The molecule has 0 N–H and O–H groups in total. The second kappa shape index (κ2) is 3.59. The minimum Gasteiger partial charge on any atom is -0.304 e. The standard InChI is InChI=1S/C10H12ClN3/c1-13(2)7-9-6-12-10-5-8(11)3-4-14(9)10/h3-6H,7H2,1-2H3. The minimum atomic E-state index is 0.722. The van der Waals surface area contributed by atoms with Gasteiger partial charge in [0.25, 0.3) is 0 Å². The van der Waals surface area contributed by atoms with E-state index in [1.54, 1.807) is 0 Å². The monoisotopic (exact) mass is 209 g/mol. The molecule has 0 atom stereocenters. The van der Waals surface area contributed by atoms with E-state index in [2.05, 4.69) is 9.88 Å². The molecule has 2 aromatic rings. The average molecular weight is 210 g/mol. The van der Waals surface area contributed by atoms with Crippen molar-refractivity contribution in [2.45, 2.75) is 6.54 Å². The molecule has 14 heavy (non-hydrogen) atoms. The Morgan fingerprint density at radius 1 is 1.50 bits per heavy atom. The molecule has 0 saturated carbocycles. The van der Waals surface area contributed by atoms with Crippen molar-refractivity contribution in [3.05, 3.63) is 35.2 Å². The van der Waals surface area contributed by atoms with Crippen LogP contribution in [-0.4, -0.2) is 28.4 Å². The van der Waals surface area contributed by atoms with Gasteiger partial charge in [0.1, 0.15) is 5.65 Å². The van der Waals surface area contributed by atoms with Gasteiger partial charge in [-0.25, -0.2) is 4.98 Å². The highest BCUT2D eigenvalue weighted by Crippen LogP contribution is 2.13. The Morgan fingerprint density at radius 3 is 3.00 bits per heavy atom. The van der Waals surface area contributed by atoms with Gasteiger partial charge < -0.3 is 9.30 Å². The Morgan fingerprint density at radius 2 is 2.29 bits per heavy atom. The van der Waals surface area contributed by atoms with Crippen LogP contribution in [0, 0.1) is 0 Å². The van der Waals surface area contributed by atoms with Crippen LogP contribution in [0.15, 0.2) is 24.5 Å². The maximum atomic E-state index is 5.87. The quantitative estimate of drug-likeness (QED) is 0.755. The smallest absolute Gasteiger partial charge is 0.138 e. The van der Waals surface area contributed by atoms with Crippen LogP contribution in [0.25, 0.3) is 5.65 Å². The zero-order chi connectivity index (χ0) is 10.1. The first kappa shape index (κ1) is 9.49. The highest BCUT2D eigenvalue weighted by Gasteiger charge is 2.03. The van der Waals surface area contributed by atoms with Gasteiger partial charge in [0.15, 0.2) is 0 Å². The summed E-state index contributed by atoms with van der Waals surface area (Å²) >= 11 is 5.87. The average Bonchev–Trinajstić information content (AvgIpc) is 2.47. The summed E-state index contributed by atoms with van der Waals surface area (Å²) in [7, 11) is 4.07. The summed E-state index contributed by atoms with van der Waals surface area (Å²) in [5.74, 6) is 0. The first-order chi connectivity index (χ1) is 6.66. The maximum Gasteiger partial charge on any atom is 0.138 e. The Kier molecular flexibility index (Phi) is 2.44. The lowest BCUT2D eigenvalue weighted by Gasteiger charge is -2.08. The summed E-state index contributed by atoms with van der Waals surface area (Å²) in [6, 6.07) is 3.73. The van der Waals surface area contributed by atoms with Crippen molar-refractivity contribution >= 4 is 17.2 Å². The number of fused-ring (bicyclic) bond motifs is 1. The molecule has 2 rings (SSSR count). The molecule has 0 saturated heterocycles. The van der Waals surface area contributed by atoms with Crippen molar-refractivity contribution in [1.29, 1.82) is 0 Å². The topological polar surface area (TPSA) is 20.5 Å². The van der Waals surface area contributed by atoms with E-state index < -0.39 is 0 Å². The molecule has 0 aliphatic heterocycles. The van der Waals surface area contributed by atoms with Crippen molar-refractivity contribution in [3.8, 4) is 0 Å². The number of pyridine rings is 1. The van der Waals surface area contributed by atoms with Crippen LogP contribution in [0.4, 0.5) is 0 Å². The molecule has 2 aromatic heterocycles. The highest BCUT2D eigenvalue weighted by molar-refractivity contribution is 6.30. The number of nitrogens with zero attached hydrogens (tertiary/aromatic N) is 3. The normalized spacial score (nSPS) is 11.4. The molecule has 0 bridgehead atoms. The second-order valence-corrected chi connectivity index (χ2v) is 4.00. The lowest BCUT2D eigenvalue weighted by atomic mass is 10.4. The van der Waals surface area contributed by atoms with Gasteiger partial charge in [-0.05, 0) is 26.2 Å². The maximum absolute atomic E-state index is 5.87. The van der Waals surface area contributed by atoms with Crippen LogP contribution in [0.5, 0.6) is 0 Å². The van der Waals surface area contributed by atoms with E-state index in [-0.39, 0.29) is 0 Å². The van der Waals surface area contributed by atoms with Crippen LogP contribution in [-0.2, 0) is 6.54 Å². The predicted octanol–water partition coefficient (Wildman–Crippen LogP) is 2.05. The summed E-state index contributed by atoms with van der Waals surface area (Å²) < 4.78 is 2.05. The summed E-state index contributed by atoms with van der Waals surface area (Å²) in [5, 5.41) is 0.722. The zero-order valence-corrected chi connectivity index (χ0v) is 8.99. The molecule has 0 unspecified atom stereocenters. The van der Waals surface area contributed by atoms with Crippen molar-refractivity contribution in [2.24, 2.45) is 0 Å². The van der Waals surface area contributed by atoms with Crippen LogP contribution < -0.4 is 0 Å². The Balaban J connectivity index is 2.47. The van der Waals surface area contributed by atoms with Crippen LogP contribution in [0.2, 0.25) is 5.02 Å². The summed E-state index contributed by atoms with van der Waals surface area (Å²) in [5.41, 5.74) is 2.07. The molecule has 0 fully saturated rings. The molecule has 0 spiro atoms. The van der Waals surface area contributed by atoms with E-state index >= 15 is 0 Å². The van der Waals surface area contributed by atoms with Gasteiger partial charge >= 0.3 is 0 Å². The van der Waals surface area contributed by atoms with Crippen molar-refractivity contribution in [2.75, 3.05) is 14.1 Å². The number of imidazole rings is 1. The van der Waals surface area contributed by atoms with E-state index in [1.165, 1.54) is 5.69 Å². The molecular formula is C10H12ClN3. The van der Waals surface area contributed by atoms with Gasteiger partial charge in [0.05, 0.1) is 11.9 Å². The molecule has 4 heteroatoms. The SMILES string of the molecule is CN(C)Cc1cnc2cc(Cl)ccn12. The third-order valence-electron chi connectivity index (χ3n) is 2.03. The molecular weight excluding hydrogens is 198 g/mol. The van der Waals surface area contributed by atoms with Gasteiger partial charge in [-0.15, -0.1) is 0 Å². The number of hydrogen-bond donors (Lipinski definition) is 0. The van der Waals surface area contributed by atoms with E-state index in [9.17, 15) is 0 Å². The molecule has 0 aliphatic rings. The molecule has 0 radical (unpaired) electrons. The fourth-order valence-corrected chi connectivity index (χ4v) is 1.60. The first-order valence-electron chi connectivity index (χ1n) is 4.43. The molecule has 0 aromatic carbocycles. The van der Waals surface area contributed by atoms with Crippen molar-refractivity contribution in [1.82, 2.24) is 14.3 Å². The molecule has 0 amide bonds. The number of halogens is 1. The van der Waals surface area contributed by atoms with Crippen LogP contribution in [0.1, 0.15) is 5.69 Å². The third-order valence-corrected chi connectivity index (χ3v) is 2.27. The number of hydrogen-bond acceptors (Lipinski definition) is 2. The second-order valence-electron chi connectivity index (χ2n) is 3.56. The predicted molar refractivity (Wildman–Crippen MR) is 57.6 cm³/mol. The van der Waals surface area contributed by atoms with Gasteiger partial charge in [-0.3, -0.25) is 0 Å². The summed E-state index contributed by atoms with van der Waals surface area (Å²) in [4.78, 5) is 6.39. The lowest BCUT2D eigenvalue weighted by Crippen LogP contribution is -2.12. The summed E-state index contributed by atoms with van der Waals surface area (Å²) in [6.45, 7) is 0.878. The Hall–Kier alpha value is -1.06. The van der Waals surface area contributed by atoms with E-state index in [0.717, 1.165) is 17.2 Å². The lowest BCUT2D eigenvalue weighted by molar-refractivity contribution is 0.395. The van der Waals surface area contributed by atoms with Crippen molar-refractivity contribution < 1.29 is 0 Å². The van der Waals surface area contributed by atoms with Gasteiger partial charge in [-0.2, -0.15) is 0 Å². The first-order valence-corrected chi connectivity index (χ1v) is 4.81. The Labute approximate surface area is 87.9 Å². The van der Waals surface area contributed by atoms with Crippen LogP contribution in [0.3, 0.4) is 0 Å². The zero-order valence-electron chi connectivity index (χ0n) is 8.24. The van der Waals surface area contributed by atoms with Gasteiger partial charge in [0, 0.05) is 17.8 Å². The van der Waals surface area contributed by atoms with Crippen LogP contribution >= 0.6 is 11.6 Å². The molecule has 2 heterocycles. The van der Waals surface area contributed by atoms with E-state index in [0.29, 0.717) is 0 Å². The minimum absolute atomic E-state index is 0.722. The largest absolute Gasteiger partial charge is 0.304 e. The molecule has 3 nitrogen and oxygen atoms in total.